The first kappa shape index (κ1) is 14.0. The smallest absolute Gasteiger partial charge is 0.349 e. The van der Waals surface area contributed by atoms with E-state index in [1.807, 2.05) is 31.2 Å². The summed E-state index contributed by atoms with van der Waals surface area (Å²) in [5.41, 5.74) is 1.14. The molecule has 100 valence electrons. The zero-order chi connectivity index (χ0) is 13.8. The lowest BCUT2D eigenvalue weighted by Gasteiger charge is -2.13. The van der Waals surface area contributed by atoms with Crippen LogP contribution >= 0.6 is 27.3 Å². The number of hydrogen-bond acceptors (Lipinski definition) is 5. The third kappa shape index (κ3) is 3.54. The number of halogens is 1. The Bertz CT molecular complexity index is 586. The molecule has 0 amide bonds. The first-order chi connectivity index (χ1) is 9.10. The number of hydrogen-bond donors (Lipinski definition) is 1. The summed E-state index contributed by atoms with van der Waals surface area (Å²) in [7, 11) is 1.36. The molecule has 1 N–H and O–H groups in total. The van der Waals surface area contributed by atoms with E-state index in [1.54, 1.807) is 0 Å². The Morgan fingerprint density at radius 1 is 1.53 bits per heavy atom. The highest BCUT2D eigenvalue weighted by molar-refractivity contribution is 9.10. The van der Waals surface area contributed by atoms with Crippen LogP contribution < -0.4 is 5.32 Å². The summed E-state index contributed by atoms with van der Waals surface area (Å²) in [5, 5.41) is 3.97. The van der Waals surface area contributed by atoms with Crippen molar-refractivity contribution in [3.63, 3.8) is 0 Å². The molecule has 0 aliphatic heterocycles. The molecule has 2 aromatic rings. The van der Waals surface area contributed by atoms with Crippen LogP contribution in [0.25, 0.3) is 0 Å². The fourth-order valence-electron chi connectivity index (χ4n) is 1.58. The molecule has 0 radical (unpaired) electrons. The quantitative estimate of drug-likeness (QED) is 0.858. The lowest BCUT2D eigenvalue weighted by atomic mass is 10.1. The van der Waals surface area contributed by atoms with Gasteiger partial charge < -0.3 is 10.1 Å². The molecule has 6 heteroatoms. The maximum Gasteiger partial charge on any atom is 0.349 e. The molecule has 0 bridgehead atoms. The molecule has 0 aliphatic rings. The molecular formula is C13H13BrN2O2S. The first-order valence-corrected chi connectivity index (χ1v) is 7.27. The number of carbonyl (C=O) groups is 1. The number of methoxy groups -OCH3 is 1. The number of rotatable bonds is 4. The van der Waals surface area contributed by atoms with Gasteiger partial charge in [0.2, 0.25) is 0 Å². The lowest BCUT2D eigenvalue weighted by molar-refractivity contribution is 0.0606. The molecular weight excluding hydrogens is 328 g/mol. The summed E-state index contributed by atoms with van der Waals surface area (Å²) >= 11 is 4.73. The van der Waals surface area contributed by atoms with E-state index in [4.69, 9.17) is 0 Å². The topological polar surface area (TPSA) is 51.2 Å². The summed E-state index contributed by atoms with van der Waals surface area (Å²) < 4.78 is 5.69. The molecule has 1 heterocycles. The van der Waals surface area contributed by atoms with Gasteiger partial charge in [0.05, 0.1) is 19.3 Å². The van der Waals surface area contributed by atoms with E-state index in [0.717, 1.165) is 10.0 Å². The fourth-order valence-corrected chi connectivity index (χ4v) is 2.82. The van der Waals surface area contributed by atoms with Crippen LogP contribution in [-0.4, -0.2) is 18.1 Å². The molecule has 1 atom stereocenters. The van der Waals surface area contributed by atoms with Gasteiger partial charge in [-0.3, -0.25) is 0 Å². The number of thiazole rings is 1. The molecule has 1 aromatic heterocycles. The van der Waals surface area contributed by atoms with Gasteiger partial charge in [0.25, 0.3) is 0 Å². The van der Waals surface area contributed by atoms with E-state index in [2.05, 4.69) is 31.0 Å². The Hall–Kier alpha value is -1.40. The van der Waals surface area contributed by atoms with Gasteiger partial charge in [-0.1, -0.05) is 39.4 Å². The monoisotopic (exact) mass is 340 g/mol. The molecule has 4 nitrogen and oxygen atoms in total. The number of carbonyl (C=O) groups excluding carboxylic acids is 1. The van der Waals surface area contributed by atoms with E-state index in [0.29, 0.717) is 10.0 Å². The average molecular weight is 341 g/mol. The van der Waals surface area contributed by atoms with Crippen molar-refractivity contribution in [3.8, 4) is 0 Å². The molecule has 0 aliphatic carbocycles. The molecule has 19 heavy (non-hydrogen) atoms. The van der Waals surface area contributed by atoms with Crippen molar-refractivity contribution in [3.05, 3.63) is 45.4 Å². The van der Waals surface area contributed by atoms with Gasteiger partial charge in [0.1, 0.15) is 4.88 Å². The van der Waals surface area contributed by atoms with Crippen LogP contribution in [0.5, 0.6) is 0 Å². The summed E-state index contributed by atoms with van der Waals surface area (Å²) in [6, 6.07) is 8.16. The van der Waals surface area contributed by atoms with Crippen molar-refractivity contribution in [2.75, 3.05) is 12.4 Å². The second-order valence-electron chi connectivity index (χ2n) is 3.94. The van der Waals surface area contributed by atoms with Crippen molar-refractivity contribution in [2.24, 2.45) is 0 Å². The number of esters is 1. The minimum Gasteiger partial charge on any atom is -0.465 e. The standard InChI is InChI=1S/C13H13BrN2O2S/c1-8(9-4-3-5-10(14)6-9)16-13-15-7-11(19-13)12(17)18-2/h3-8H,1-2H3,(H,15,16). The van der Waals surface area contributed by atoms with Crippen molar-refractivity contribution < 1.29 is 9.53 Å². The Balaban J connectivity index is 2.08. The largest absolute Gasteiger partial charge is 0.465 e. The minimum atomic E-state index is -0.361. The van der Waals surface area contributed by atoms with E-state index >= 15 is 0 Å². The van der Waals surface area contributed by atoms with E-state index < -0.39 is 0 Å². The van der Waals surface area contributed by atoms with Crippen LogP contribution in [0.4, 0.5) is 5.13 Å². The third-order valence-electron chi connectivity index (χ3n) is 2.58. The number of aromatic nitrogens is 1. The Morgan fingerprint density at radius 2 is 2.32 bits per heavy atom. The van der Waals surface area contributed by atoms with Crippen molar-refractivity contribution in [1.82, 2.24) is 4.98 Å². The third-order valence-corrected chi connectivity index (χ3v) is 3.98. The lowest BCUT2D eigenvalue weighted by Crippen LogP contribution is -2.05. The highest BCUT2D eigenvalue weighted by Crippen LogP contribution is 2.25. The van der Waals surface area contributed by atoms with E-state index in [-0.39, 0.29) is 12.0 Å². The van der Waals surface area contributed by atoms with Gasteiger partial charge in [0.15, 0.2) is 5.13 Å². The molecule has 0 spiro atoms. The maximum atomic E-state index is 11.3. The Labute approximate surface area is 124 Å². The van der Waals surface area contributed by atoms with Crippen LogP contribution in [0.3, 0.4) is 0 Å². The molecule has 0 fully saturated rings. The van der Waals surface area contributed by atoms with Gasteiger partial charge in [0, 0.05) is 4.47 Å². The Morgan fingerprint density at radius 3 is 3.00 bits per heavy atom. The van der Waals surface area contributed by atoms with Crippen LogP contribution in [-0.2, 0) is 4.74 Å². The predicted molar refractivity (Wildman–Crippen MR) is 79.6 cm³/mol. The minimum absolute atomic E-state index is 0.106. The maximum absolute atomic E-state index is 11.3. The zero-order valence-electron chi connectivity index (χ0n) is 10.5. The van der Waals surface area contributed by atoms with Gasteiger partial charge in [-0.25, -0.2) is 9.78 Å². The van der Waals surface area contributed by atoms with Crippen molar-refractivity contribution >= 4 is 38.4 Å². The molecule has 1 unspecified atom stereocenters. The normalized spacial score (nSPS) is 11.9. The number of ether oxygens (including phenoxy) is 1. The van der Waals surface area contributed by atoms with Gasteiger partial charge in [-0.15, -0.1) is 0 Å². The number of nitrogens with one attached hydrogen (secondary N) is 1. The highest BCUT2D eigenvalue weighted by Gasteiger charge is 2.12. The number of benzene rings is 1. The molecule has 2 rings (SSSR count). The second-order valence-corrected chi connectivity index (χ2v) is 5.89. The number of anilines is 1. The Kier molecular flexibility index (Phi) is 4.55. The van der Waals surface area contributed by atoms with Crippen molar-refractivity contribution in [1.29, 1.82) is 0 Å². The van der Waals surface area contributed by atoms with Gasteiger partial charge in [-0.2, -0.15) is 0 Å². The molecule has 0 saturated heterocycles. The molecule has 1 aromatic carbocycles. The SMILES string of the molecule is COC(=O)c1cnc(NC(C)c2cccc(Br)c2)s1. The van der Waals surface area contributed by atoms with E-state index in [1.165, 1.54) is 24.6 Å². The van der Waals surface area contributed by atoms with Gasteiger partial charge >= 0.3 is 5.97 Å². The summed E-state index contributed by atoms with van der Waals surface area (Å²) in [6.45, 7) is 2.04. The molecule has 0 saturated carbocycles. The van der Waals surface area contributed by atoms with Crippen LogP contribution in [0.2, 0.25) is 0 Å². The summed E-state index contributed by atoms with van der Waals surface area (Å²) in [4.78, 5) is 16.0. The van der Waals surface area contributed by atoms with Crippen LogP contribution in [0.1, 0.15) is 28.2 Å². The summed E-state index contributed by atoms with van der Waals surface area (Å²) in [5.74, 6) is -0.361. The highest BCUT2D eigenvalue weighted by atomic mass is 79.9. The average Bonchev–Trinajstić information content (AvgIpc) is 2.86. The number of nitrogens with zero attached hydrogens (tertiary/aromatic N) is 1. The first-order valence-electron chi connectivity index (χ1n) is 5.66. The van der Waals surface area contributed by atoms with Gasteiger partial charge in [-0.05, 0) is 24.6 Å². The van der Waals surface area contributed by atoms with Crippen LogP contribution in [0, 0.1) is 0 Å². The second kappa shape index (κ2) is 6.16. The van der Waals surface area contributed by atoms with Crippen LogP contribution in [0.15, 0.2) is 34.9 Å². The zero-order valence-corrected chi connectivity index (χ0v) is 12.9. The van der Waals surface area contributed by atoms with Crippen molar-refractivity contribution in [2.45, 2.75) is 13.0 Å². The fraction of sp³-hybridized carbons (Fsp3) is 0.231. The van der Waals surface area contributed by atoms with E-state index in [9.17, 15) is 4.79 Å². The summed E-state index contributed by atoms with van der Waals surface area (Å²) in [6.07, 6.45) is 1.52. The predicted octanol–water partition coefficient (Wildman–Crippen LogP) is 3.87.